The van der Waals surface area contributed by atoms with Gasteiger partial charge in [0.1, 0.15) is 0 Å². The number of hydrogen-bond donors (Lipinski definition) is 3. The number of nitrogens with one attached hydrogen (secondary N) is 2. The predicted octanol–water partition coefficient (Wildman–Crippen LogP) is 0.819. The molecule has 0 heterocycles. The van der Waals surface area contributed by atoms with E-state index in [0.717, 1.165) is 31.8 Å². The molecule has 0 bridgehead atoms. The minimum atomic E-state index is 0.0995. The van der Waals surface area contributed by atoms with Crippen LogP contribution in [0.15, 0.2) is 4.99 Å². The van der Waals surface area contributed by atoms with Gasteiger partial charge in [-0.15, -0.1) is 0 Å². The highest BCUT2D eigenvalue weighted by Gasteiger charge is 2.08. The maximum atomic E-state index is 11.5. The number of carbonyl (C=O) groups is 1. The first-order valence-corrected chi connectivity index (χ1v) is 7.88. The number of aliphatic hydroxyl groups excluding tert-OH is 1. The van der Waals surface area contributed by atoms with Crippen LogP contribution in [-0.4, -0.2) is 62.2 Å². The average Bonchev–Trinajstić information content (AvgIpc) is 2.44. The van der Waals surface area contributed by atoms with Gasteiger partial charge in [-0.1, -0.05) is 13.3 Å². The van der Waals surface area contributed by atoms with Gasteiger partial charge in [-0.2, -0.15) is 0 Å². The van der Waals surface area contributed by atoms with Crippen molar-refractivity contribution in [2.75, 3.05) is 40.3 Å². The number of amides is 1. The van der Waals surface area contributed by atoms with Gasteiger partial charge in [0.15, 0.2) is 5.96 Å². The Kier molecular flexibility index (Phi) is 11.7. The maximum absolute atomic E-state index is 11.5. The number of aliphatic hydroxyl groups is 1. The van der Waals surface area contributed by atoms with Crippen molar-refractivity contribution in [2.45, 2.75) is 39.5 Å². The highest BCUT2D eigenvalue weighted by atomic mass is 16.3. The van der Waals surface area contributed by atoms with E-state index in [1.807, 2.05) is 6.92 Å². The Bertz CT molecular complexity index is 300. The Morgan fingerprint density at radius 1 is 1.24 bits per heavy atom. The van der Waals surface area contributed by atoms with Gasteiger partial charge in [-0.05, 0) is 25.7 Å². The zero-order valence-corrected chi connectivity index (χ0v) is 14.0. The van der Waals surface area contributed by atoms with E-state index in [-0.39, 0.29) is 12.5 Å². The van der Waals surface area contributed by atoms with Gasteiger partial charge < -0.3 is 20.6 Å². The van der Waals surface area contributed by atoms with E-state index in [1.165, 1.54) is 0 Å². The molecule has 0 aliphatic rings. The number of rotatable bonds is 10. The second-order valence-corrected chi connectivity index (χ2v) is 5.35. The number of guanidine groups is 1. The number of hydrogen-bond acceptors (Lipinski definition) is 3. The van der Waals surface area contributed by atoms with Crippen molar-refractivity contribution in [3.63, 3.8) is 0 Å². The Balaban J connectivity index is 4.30. The highest BCUT2D eigenvalue weighted by Crippen LogP contribution is 2.10. The second kappa shape index (κ2) is 12.4. The molecule has 21 heavy (non-hydrogen) atoms. The van der Waals surface area contributed by atoms with E-state index in [2.05, 4.69) is 22.5 Å². The largest absolute Gasteiger partial charge is 0.396 e. The van der Waals surface area contributed by atoms with Crippen LogP contribution < -0.4 is 10.6 Å². The van der Waals surface area contributed by atoms with Gasteiger partial charge in [0, 0.05) is 46.8 Å². The molecule has 0 fully saturated rings. The van der Waals surface area contributed by atoms with Crippen molar-refractivity contribution >= 4 is 11.9 Å². The fourth-order valence-corrected chi connectivity index (χ4v) is 1.99. The third-order valence-corrected chi connectivity index (χ3v) is 3.22. The van der Waals surface area contributed by atoms with Crippen LogP contribution in [0.3, 0.4) is 0 Å². The molecular weight excluding hydrogens is 268 g/mol. The lowest BCUT2D eigenvalue weighted by molar-refractivity contribution is -0.128. The van der Waals surface area contributed by atoms with Crippen LogP contribution in [0.4, 0.5) is 0 Å². The van der Waals surface area contributed by atoms with Crippen molar-refractivity contribution in [1.82, 2.24) is 15.5 Å². The Labute approximate surface area is 129 Å². The topological polar surface area (TPSA) is 77.0 Å². The van der Waals surface area contributed by atoms with Crippen molar-refractivity contribution < 1.29 is 9.90 Å². The average molecular weight is 300 g/mol. The molecule has 1 atom stereocenters. The van der Waals surface area contributed by atoms with Gasteiger partial charge in [-0.3, -0.25) is 9.79 Å². The molecule has 0 aromatic carbocycles. The van der Waals surface area contributed by atoms with Crippen LogP contribution in [0.25, 0.3) is 0 Å². The van der Waals surface area contributed by atoms with E-state index < -0.39 is 0 Å². The van der Waals surface area contributed by atoms with Gasteiger partial charge in [0.25, 0.3) is 0 Å². The van der Waals surface area contributed by atoms with Crippen LogP contribution in [-0.2, 0) is 4.79 Å². The molecule has 0 saturated heterocycles. The van der Waals surface area contributed by atoms with Gasteiger partial charge in [-0.25, -0.2) is 0 Å². The fourth-order valence-electron chi connectivity index (χ4n) is 1.99. The molecule has 0 rings (SSSR count). The van der Waals surface area contributed by atoms with E-state index >= 15 is 0 Å². The summed E-state index contributed by atoms with van der Waals surface area (Å²) in [5, 5.41) is 15.4. The first-order chi connectivity index (χ1) is 10.0. The summed E-state index contributed by atoms with van der Waals surface area (Å²) in [6.07, 6.45) is 3.41. The molecule has 0 aliphatic carbocycles. The summed E-state index contributed by atoms with van der Waals surface area (Å²) in [5.74, 6) is 1.25. The monoisotopic (exact) mass is 300 g/mol. The molecule has 0 radical (unpaired) electrons. The minimum absolute atomic E-state index is 0.0995. The zero-order valence-electron chi connectivity index (χ0n) is 14.0. The summed E-state index contributed by atoms with van der Waals surface area (Å²) in [6.45, 7) is 6.42. The van der Waals surface area contributed by atoms with Crippen LogP contribution in [0.5, 0.6) is 0 Å². The van der Waals surface area contributed by atoms with E-state index in [1.54, 1.807) is 19.0 Å². The molecule has 0 aromatic rings. The summed E-state index contributed by atoms with van der Waals surface area (Å²) < 4.78 is 0. The zero-order chi connectivity index (χ0) is 16.1. The number of nitrogens with zero attached hydrogens (tertiary/aromatic N) is 2. The normalized spacial score (nSPS) is 12.9. The molecule has 1 unspecified atom stereocenters. The summed E-state index contributed by atoms with van der Waals surface area (Å²) in [5.41, 5.74) is 0. The number of carbonyl (C=O) groups excluding carboxylic acids is 1. The third kappa shape index (κ3) is 10.1. The lowest BCUT2D eigenvalue weighted by atomic mass is 10.0. The van der Waals surface area contributed by atoms with Crippen LogP contribution in [0, 0.1) is 5.92 Å². The molecule has 0 aromatic heterocycles. The predicted molar refractivity (Wildman–Crippen MR) is 87.4 cm³/mol. The van der Waals surface area contributed by atoms with Gasteiger partial charge in [0.2, 0.25) is 5.91 Å². The van der Waals surface area contributed by atoms with Crippen molar-refractivity contribution in [3.8, 4) is 0 Å². The SMILES string of the molecule is CCCC(CCO)CN=C(NCC)NCCC(=O)N(C)C. The smallest absolute Gasteiger partial charge is 0.223 e. The molecule has 0 spiro atoms. The first-order valence-electron chi connectivity index (χ1n) is 7.88. The van der Waals surface area contributed by atoms with Crippen molar-refractivity contribution in [3.05, 3.63) is 0 Å². The van der Waals surface area contributed by atoms with E-state index in [0.29, 0.717) is 25.4 Å². The highest BCUT2D eigenvalue weighted by molar-refractivity contribution is 5.81. The molecule has 1 amide bonds. The third-order valence-electron chi connectivity index (χ3n) is 3.22. The van der Waals surface area contributed by atoms with Crippen LogP contribution in [0.1, 0.15) is 39.5 Å². The van der Waals surface area contributed by atoms with Crippen LogP contribution >= 0.6 is 0 Å². The van der Waals surface area contributed by atoms with Crippen molar-refractivity contribution in [1.29, 1.82) is 0 Å². The standard InChI is InChI=1S/C15H32N4O2/c1-5-7-13(9-11-20)12-18-15(16-6-2)17-10-8-14(21)19(3)4/h13,20H,5-12H2,1-4H3,(H2,16,17,18). The second-order valence-electron chi connectivity index (χ2n) is 5.35. The quantitative estimate of drug-likeness (QED) is 0.412. The summed E-state index contributed by atoms with van der Waals surface area (Å²) in [7, 11) is 3.51. The van der Waals surface area contributed by atoms with E-state index in [4.69, 9.17) is 5.11 Å². The molecular formula is C15H32N4O2. The lowest BCUT2D eigenvalue weighted by Crippen LogP contribution is -2.39. The molecule has 6 nitrogen and oxygen atoms in total. The molecule has 124 valence electrons. The Morgan fingerprint density at radius 3 is 2.48 bits per heavy atom. The molecule has 6 heteroatoms. The molecule has 3 N–H and O–H groups in total. The first kappa shape index (κ1) is 19.7. The lowest BCUT2D eigenvalue weighted by Gasteiger charge is -2.16. The summed E-state index contributed by atoms with van der Waals surface area (Å²) in [4.78, 5) is 17.7. The fraction of sp³-hybridized carbons (Fsp3) is 0.867. The number of aliphatic imine (C=N–C) groups is 1. The molecule has 0 saturated carbocycles. The molecule has 0 aliphatic heterocycles. The Hall–Kier alpha value is -1.30. The van der Waals surface area contributed by atoms with Crippen molar-refractivity contribution in [2.24, 2.45) is 10.9 Å². The summed E-state index contributed by atoms with van der Waals surface area (Å²) in [6, 6.07) is 0. The maximum Gasteiger partial charge on any atom is 0.223 e. The Morgan fingerprint density at radius 2 is 1.95 bits per heavy atom. The van der Waals surface area contributed by atoms with Gasteiger partial charge in [0.05, 0.1) is 0 Å². The van der Waals surface area contributed by atoms with Gasteiger partial charge >= 0.3 is 0 Å². The minimum Gasteiger partial charge on any atom is -0.396 e. The van der Waals surface area contributed by atoms with E-state index in [9.17, 15) is 4.79 Å². The summed E-state index contributed by atoms with van der Waals surface area (Å²) >= 11 is 0. The van der Waals surface area contributed by atoms with Crippen LogP contribution in [0.2, 0.25) is 0 Å².